The molecule has 0 radical (unpaired) electrons. The number of rotatable bonds is 7. The molecular weight excluding hydrogens is 336 g/mol. The van der Waals surface area contributed by atoms with Crippen molar-refractivity contribution >= 4 is 28.9 Å². The van der Waals surface area contributed by atoms with E-state index >= 15 is 0 Å². The molecule has 2 rings (SSSR count). The Bertz CT molecular complexity index is 594. The second kappa shape index (κ2) is 9.58. The van der Waals surface area contributed by atoms with Crippen molar-refractivity contribution in [2.75, 3.05) is 45.2 Å². The van der Waals surface area contributed by atoms with E-state index in [4.69, 9.17) is 17.0 Å². The van der Waals surface area contributed by atoms with E-state index in [9.17, 15) is 4.79 Å². The van der Waals surface area contributed by atoms with Gasteiger partial charge in [-0.15, -0.1) is 0 Å². The molecule has 0 fully saturated rings. The van der Waals surface area contributed by atoms with E-state index in [2.05, 4.69) is 24.7 Å². The van der Waals surface area contributed by atoms with Crippen LogP contribution < -0.4 is 25.2 Å². The van der Waals surface area contributed by atoms with Crippen LogP contribution in [0, 0.1) is 0 Å². The number of carbonyl (C=O) groups excluding carboxylic acids is 1. The topological polar surface area (TPSA) is 58.0 Å². The molecule has 0 saturated heterocycles. The molecule has 1 amide bonds. The fraction of sp³-hybridized carbons (Fsp3) is 0.556. The molecule has 0 bridgehead atoms. The Morgan fingerprint density at radius 1 is 1.32 bits per heavy atom. The SMILES string of the molecule is CCCNC(=O)[C@H]1CN(C(=S)NCCC[NH+](C)C)c2ccccc2O1. The predicted octanol–water partition coefficient (Wildman–Crippen LogP) is 0.189. The smallest absolute Gasteiger partial charge is 0.262 e. The summed E-state index contributed by atoms with van der Waals surface area (Å²) in [5, 5.41) is 6.84. The molecule has 138 valence electrons. The first-order chi connectivity index (χ1) is 12.0. The summed E-state index contributed by atoms with van der Waals surface area (Å²) in [5.74, 6) is 0.590. The Labute approximate surface area is 155 Å². The summed E-state index contributed by atoms with van der Waals surface area (Å²) in [6.45, 7) is 4.99. The second-order valence-corrected chi connectivity index (χ2v) is 6.91. The predicted molar refractivity (Wildman–Crippen MR) is 104 cm³/mol. The number of fused-ring (bicyclic) bond motifs is 1. The van der Waals surface area contributed by atoms with Crippen LogP contribution in [0.3, 0.4) is 0 Å². The zero-order valence-corrected chi connectivity index (χ0v) is 16.1. The number of quaternary nitrogens is 1. The van der Waals surface area contributed by atoms with Crippen molar-refractivity contribution in [1.82, 2.24) is 10.6 Å². The van der Waals surface area contributed by atoms with E-state index < -0.39 is 6.10 Å². The third kappa shape index (κ3) is 5.57. The number of benzene rings is 1. The summed E-state index contributed by atoms with van der Waals surface area (Å²) >= 11 is 5.58. The van der Waals surface area contributed by atoms with Crippen molar-refractivity contribution in [1.29, 1.82) is 0 Å². The van der Waals surface area contributed by atoms with Crippen LogP contribution in [0.25, 0.3) is 0 Å². The monoisotopic (exact) mass is 365 g/mol. The Kier molecular flexibility index (Phi) is 7.46. The number of thiocarbonyl (C=S) groups is 1. The number of nitrogens with zero attached hydrogens (tertiary/aromatic N) is 1. The van der Waals surface area contributed by atoms with Gasteiger partial charge >= 0.3 is 0 Å². The quantitative estimate of drug-likeness (QED) is 0.476. The first-order valence-corrected chi connectivity index (χ1v) is 9.31. The second-order valence-electron chi connectivity index (χ2n) is 6.52. The molecule has 1 aliphatic rings. The van der Waals surface area contributed by atoms with Crippen LogP contribution in [0.2, 0.25) is 0 Å². The lowest BCUT2D eigenvalue weighted by Gasteiger charge is -2.35. The van der Waals surface area contributed by atoms with E-state index in [1.807, 2.05) is 36.1 Å². The Balaban J connectivity index is 2.04. The van der Waals surface area contributed by atoms with Crippen molar-refractivity contribution in [3.8, 4) is 5.75 Å². The van der Waals surface area contributed by atoms with Crippen molar-refractivity contribution in [2.24, 2.45) is 0 Å². The van der Waals surface area contributed by atoms with Crippen molar-refractivity contribution in [3.63, 3.8) is 0 Å². The first-order valence-electron chi connectivity index (χ1n) is 8.90. The minimum Gasteiger partial charge on any atom is -0.477 e. The summed E-state index contributed by atoms with van der Waals surface area (Å²) in [7, 11) is 4.27. The molecule has 1 aromatic carbocycles. The maximum Gasteiger partial charge on any atom is 0.262 e. The summed E-state index contributed by atoms with van der Waals surface area (Å²) in [5.41, 5.74) is 0.901. The molecule has 0 aromatic heterocycles. The molecule has 1 atom stereocenters. The molecule has 1 aliphatic heterocycles. The molecule has 0 unspecified atom stereocenters. The zero-order chi connectivity index (χ0) is 18.2. The van der Waals surface area contributed by atoms with Crippen molar-refractivity contribution in [3.05, 3.63) is 24.3 Å². The minimum absolute atomic E-state index is 0.0969. The summed E-state index contributed by atoms with van der Waals surface area (Å²) in [4.78, 5) is 15.7. The average molecular weight is 366 g/mol. The number of amides is 1. The lowest BCUT2D eigenvalue weighted by atomic mass is 10.2. The van der Waals surface area contributed by atoms with E-state index in [-0.39, 0.29) is 5.91 Å². The number of anilines is 1. The number of ether oxygens (including phenoxy) is 1. The van der Waals surface area contributed by atoms with Crippen LogP contribution in [0.1, 0.15) is 19.8 Å². The first kappa shape index (κ1) is 19.5. The van der Waals surface area contributed by atoms with Gasteiger partial charge in [0.05, 0.1) is 32.9 Å². The number of nitrogens with one attached hydrogen (secondary N) is 3. The standard InChI is InChI=1S/C18H28N4O2S/c1-4-10-19-17(23)16-13-22(14-8-5-6-9-15(14)24-16)18(25)20-11-7-12-21(2)3/h5-6,8-9,16H,4,7,10-13H2,1-3H3,(H,19,23)(H,20,25)/p+1/t16-/m1/s1. The fourth-order valence-corrected chi connectivity index (χ4v) is 2.93. The highest BCUT2D eigenvalue weighted by Gasteiger charge is 2.32. The molecule has 7 heteroatoms. The molecule has 0 saturated carbocycles. The Morgan fingerprint density at radius 2 is 2.08 bits per heavy atom. The number of carbonyl (C=O) groups is 1. The van der Waals surface area contributed by atoms with Gasteiger partial charge in [-0.3, -0.25) is 4.79 Å². The molecule has 6 nitrogen and oxygen atoms in total. The molecule has 0 spiro atoms. The largest absolute Gasteiger partial charge is 0.477 e. The average Bonchev–Trinajstić information content (AvgIpc) is 2.61. The van der Waals surface area contributed by atoms with Crippen LogP contribution in [-0.4, -0.2) is 57.4 Å². The van der Waals surface area contributed by atoms with Gasteiger partial charge in [0, 0.05) is 19.5 Å². The van der Waals surface area contributed by atoms with Crippen LogP contribution in [-0.2, 0) is 4.79 Å². The van der Waals surface area contributed by atoms with E-state index in [0.29, 0.717) is 24.0 Å². The number of hydrogen-bond acceptors (Lipinski definition) is 3. The maximum atomic E-state index is 12.3. The number of para-hydroxylation sites is 2. The Morgan fingerprint density at radius 3 is 2.80 bits per heavy atom. The van der Waals surface area contributed by atoms with Crippen molar-refractivity contribution < 1.29 is 14.4 Å². The molecule has 1 heterocycles. The molecule has 25 heavy (non-hydrogen) atoms. The molecular formula is C18H29N4O2S+. The van der Waals surface area contributed by atoms with Gasteiger partial charge in [0.25, 0.3) is 5.91 Å². The van der Waals surface area contributed by atoms with Gasteiger partial charge in [-0.1, -0.05) is 19.1 Å². The minimum atomic E-state index is -0.563. The summed E-state index contributed by atoms with van der Waals surface area (Å²) < 4.78 is 5.88. The third-order valence-electron chi connectivity index (χ3n) is 3.99. The van der Waals surface area contributed by atoms with Gasteiger partial charge in [-0.05, 0) is 30.8 Å². The third-order valence-corrected chi connectivity index (χ3v) is 4.35. The van der Waals surface area contributed by atoms with Gasteiger partial charge in [0.1, 0.15) is 5.75 Å². The van der Waals surface area contributed by atoms with Gasteiger partial charge < -0.3 is 25.2 Å². The highest BCUT2D eigenvalue weighted by molar-refractivity contribution is 7.80. The van der Waals surface area contributed by atoms with Gasteiger partial charge in [0.15, 0.2) is 11.2 Å². The molecule has 0 aliphatic carbocycles. The van der Waals surface area contributed by atoms with Crippen LogP contribution in [0.4, 0.5) is 5.69 Å². The van der Waals surface area contributed by atoms with Crippen molar-refractivity contribution in [2.45, 2.75) is 25.9 Å². The highest BCUT2D eigenvalue weighted by atomic mass is 32.1. The van der Waals surface area contributed by atoms with Crippen LogP contribution >= 0.6 is 12.2 Å². The number of hydrogen-bond donors (Lipinski definition) is 3. The lowest BCUT2D eigenvalue weighted by Crippen LogP contribution is -3.05. The van der Waals surface area contributed by atoms with E-state index in [0.717, 1.165) is 31.6 Å². The molecule has 1 aromatic rings. The van der Waals surface area contributed by atoms with E-state index in [1.165, 1.54) is 4.90 Å². The van der Waals surface area contributed by atoms with Crippen LogP contribution in [0.15, 0.2) is 24.3 Å². The van der Waals surface area contributed by atoms with Gasteiger partial charge in [0.2, 0.25) is 0 Å². The van der Waals surface area contributed by atoms with E-state index in [1.54, 1.807) is 0 Å². The lowest BCUT2D eigenvalue weighted by molar-refractivity contribution is -0.858. The fourth-order valence-electron chi connectivity index (χ4n) is 2.66. The maximum absolute atomic E-state index is 12.3. The molecule has 3 N–H and O–H groups in total. The zero-order valence-electron chi connectivity index (χ0n) is 15.3. The Hall–Kier alpha value is -1.86. The highest BCUT2D eigenvalue weighted by Crippen LogP contribution is 2.33. The van der Waals surface area contributed by atoms with Gasteiger partial charge in [-0.25, -0.2) is 0 Å². The normalized spacial score (nSPS) is 16.2. The van der Waals surface area contributed by atoms with Gasteiger partial charge in [-0.2, -0.15) is 0 Å². The summed E-state index contributed by atoms with van der Waals surface area (Å²) in [6, 6.07) is 7.69. The summed E-state index contributed by atoms with van der Waals surface area (Å²) in [6.07, 6.45) is 1.37. The van der Waals surface area contributed by atoms with Crippen LogP contribution in [0.5, 0.6) is 5.75 Å².